The zero-order chi connectivity index (χ0) is 14.2. The number of benzene rings is 1. The molecule has 4 heteroatoms. The molecular formula is C16H23N3O. The van der Waals surface area contributed by atoms with Gasteiger partial charge in [-0.1, -0.05) is 12.1 Å². The molecule has 108 valence electrons. The topological polar surface area (TPSA) is 37.4 Å². The Labute approximate surface area is 120 Å². The summed E-state index contributed by atoms with van der Waals surface area (Å²) in [5.74, 6) is 0. The Morgan fingerprint density at radius 1 is 1.15 bits per heavy atom. The summed E-state index contributed by atoms with van der Waals surface area (Å²) in [6.07, 6.45) is 3.73. The Hall–Kier alpha value is -1.49. The van der Waals surface area contributed by atoms with E-state index >= 15 is 0 Å². The third kappa shape index (κ3) is 4.89. The van der Waals surface area contributed by atoms with E-state index in [-0.39, 0.29) is 0 Å². The van der Waals surface area contributed by atoms with Crippen LogP contribution in [0, 0.1) is 0 Å². The van der Waals surface area contributed by atoms with Crippen molar-refractivity contribution < 1.29 is 4.74 Å². The third-order valence-corrected chi connectivity index (χ3v) is 3.14. The maximum Gasteiger partial charge on any atom is 0.0593 e. The average molecular weight is 273 g/mol. The SMILES string of the molecule is CN(C)CCOCCNCc1ccc2cnccc2c1. The van der Waals surface area contributed by atoms with Crippen molar-refractivity contribution in [3.63, 3.8) is 0 Å². The van der Waals surface area contributed by atoms with E-state index in [0.29, 0.717) is 0 Å². The number of nitrogens with one attached hydrogen (secondary N) is 1. The second kappa shape index (κ2) is 7.94. The van der Waals surface area contributed by atoms with Crippen molar-refractivity contribution in [2.24, 2.45) is 0 Å². The standard InChI is InChI=1S/C16H23N3O/c1-19(2)8-10-20-9-7-18-12-14-3-4-16-13-17-6-5-15(16)11-14/h3-6,11,13,18H,7-10,12H2,1-2H3. The Balaban J connectivity index is 1.68. The summed E-state index contributed by atoms with van der Waals surface area (Å²) in [6.45, 7) is 4.26. The summed E-state index contributed by atoms with van der Waals surface area (Å²) in [5, 5.41) is 5.82. The van der Waals surface area contributed by atoms with Gasteiger partial charge in [-0.15, -0.1) is 0 Å². The minimum atomic E-state index is 0.755. The summed E-state index contributed by atoms with van der Waals surface area (Å²) in [5.41, 5.74) is 1.29. The first-order chi connectivity index (χ1) is 9.75. The van der Waals surface area contributed by atoms with E-state index in [1.54, 1.807) is 0 Å². The van der Waals surface area contributed by atoms with Gasteiger partial charge in [0.1, 0.15) is 0 Å². The molecular weight excluding hydrogens is 250 g/mol. The molecule has 1 heterocycles. The van der Waals surface area contributed by atoms with E-state index in [0.717, 1.165) is 32.8 Å². The molecule has 0 saturated heterocycles. The van der Waals surface area contributed by atoms with Gasteiger partial charge in [0.05, 0.1) is 13.2 Å². The van der Waals surface area contributed by atoms with Crippen LogP contribution in [0.3, 0.4) is 0 Å². The monoisotopic (exact) mass is 273 g/mol. The molecule has 0 unspecified atom stereocenters. The van der Waals surface area contributed by atoms with Crippen molar-refractivity contribution in [2.45, 2.75) is 6.54 Å². The van der Waals surface area contributed by atoms with E-state index in [4.69, 9.17) is 4.74 Å². The molecule has 0 fully saturated rings. The van der Waals surface area contributed by atoms with Crippen molar-refractivity contribution in [1.29, 1.82) is 0 Å². The molecule has 0 radical (unpaired) electrons. The van der Waals surface area contributed by atoms with Crippen LogP contribution in [0.2, 0.25) is 0 Å². The number of ether oxygens (including phenoxy) is 1. The largest absolute Gasteiger partial charge is 0.379 e. The summed E-state index contributed by atoms with van der Waals surface area (Å²) in [4.78, 5) is 6.25. The molecule has 0 aliphatic heterocycles. The van der Waals surface area contributed by atoms with Gasteiger partial charge in [-0.2, -0.15) is 0 Å². The summed E-state index contributed by atoms with van der Waals surface area (Å²) in [7, 11) is 4.10. The molecule has 1 aromatic carbocycles. The van der Waals surface area contributed by atoms with Gasteiger partial charge in [-0.25, -0.2) is 0 Å². The van der Waals surface area contributed by atoms with E-state index in [1.165, 1.54) is 16.3 Å². The number of hydrogen-bond acceptors (Lipinski definition) is 4. The predicted molar refractivity (Wildman–Crippen MR) is 82.8 cm³/mol. The van der Waals surface area contributed by atoms with Crippen molar-refractivity contribution >= 4 is 10.8 Å². The first kappa shape index (κ1) is 14.9. The van der Waals surface area contributed by atoms with Crippen LogP contribution in [0.15, 0.2) is 36.7 Å². The molecule has 0 bridgehead atoms. The average Bonchev–Trinajstić information content (AvgIpc) is 2.46. The lowest BCUT2D eigenvalue weighted by atomic mass is 10.1. The number of fused-ring (bicyclic) bond motifs is 1. The molecule has 0 amide bonds. The van der Waals surface area contributed by atoms with Crippen LogP contribution in [0.5, 0.6) is 0 Å². The highest BCUT2D eigenvalue weighted by Gasteiger charge is 1.97. The van der Waals surface area contributed by atoms with E-state index in [1.807, 2.05) is 18.5 Å². The predicted octanol–water partition coefficient (Wildman–Crippen LogP) is 1.90. The molecule has 0 aliphatic rings. The first-order valence-corrected chi connectivity index (χ1v) is 7.01. The van der Waals surface area contributed by atoms with Crippen LogP contribution >= 0.6 is 0 Å². The van der Waals surface area contributed by atoms with Gasteiger partial charge in [0, 0.05) is 37.4 Å². The van der Waals surface area contributed by atoms with Gasteiger partial charge in [0.2, 0.25) is 0 Å². The van der Waals surface area contributed by atoms with Gasteiger partial charge in [0.15, 0.2) is 0 Å². The molecule has 1 N–H and O–H groups in total. The van der Waals surface area contributed by atoms with Crippen LogP contribution in [-0.2, 0) is 11.3 Å². The number of nitrogens with zero attached hydrogens (tertiary/aromatic N) is 2. The Kier molecular flexibility index (Phi) is 5.92. The van der Waals surface area contributed by atoms with Gasteiger partial charge >= 0.3 is 0 Å². The van der Waals surface area contributed by atoms with Crippen LogP contribution in [-0.4, -0.2) is 50.3 Å². The fourth-order valence-electron chi connectivity index (χ4n) is 1.97. The Morgan fingerprint density at radius 3 is 2.90 bits per heavy atom. The minimum absolute atomic E-state index is 0.755. The summed E-state index contributed by atoms with van der Waals surface area (Å²) in [6, 6.07) is 8.51. The number of hydrogen-bond donors (Lipinski definition) is 1. The molecule has 0 atom stereocenters. The smallest absolute Gasteiger partial charge is 0.0593 e. The Morgan fingerprint density at radius 2 is 2.05 bits per heavy atom. The summed E-state index contributed by atoms with van der Waals surface area (Å²) < 4.78 is 5.54. The molecule has 0 spiro atoms. The van der Waals surface area contributed by atoms with E-state index in [9.17, 15) is 0 Å². The molecule has 0 aliphatic carbocycles. The first-order valence-electron chi connectivity index (χ1n) is 7.01. The van der Waals surface area contributed by atoms with Crippen molar-refractivity contribution in [3.8, 4) is 0 Å². The van der Waals surface area contributed by atoms with Gasteiger partial charge in [0.25, 0.3) is 0 Å². The van der Waals surface area contributed by atoms with E-state index in [2.05, 4.69) is 47.5 Å². The quantitative estimate of drug-likeness (QED) is 0.746. The third-order valence-electron chi connectivity index (χ3n) is 3.14. The lowest BCUT2D eigenvalue weighted by Crippen LogP contribution is -2.23. The number of rotatable bonds is 8. The van der Waals surface area contributed by atoms with Gasteiger partial charge < -0.3 is 15.0 Å². The lowest BCUT2D eigenvalue weighted by molar-refractivity contribution is 0.119. The van der Waals surface area contributed by atoms with Crippen LogP contribution < -0.4 is 5.32 Å². The zero-order valence-electron chi connectivity index (χ0n) is 12.3. The van der Waals surface area contributed by atoms with Gasteiger partial charge in [-0.3, -0.25) is 4.98 Å². The fraction of sp³-hybridized carbons (Fsp3) is 0.438. The summed E-state index contributed by atoms with van der Waals surface area (Å²) >= 11 is 0. The maximum atomic E-state index is 5.54. The van der Waals surface area contributed by atoms with Crippen LogP contribution in [0.4, 0.5) is 0 Å². The second-order valence-corrected chi connectivity index (χ2v) is 5.15. The lowest BCUT2D eigenvalue weighted by Gasteiger charge is -2.10. The van der Waals surface area contributed by atoms with Gasteiger partial charge in [-0.05, 0) is 37.2 Å². The second-order valence-electron chi connectivity index (χ2n) is 5.15. The van der Waals surface area contributed by atoms with Crippen LogP contribution in [0.25, 0.3) is 10.8 Å². The number of pyridine rings is 1. The number of likely N-dealkylation sites (N-methyl/N-ethyl adjacent to an activating group) is 1. The normalized spacial score (nSPS) is 11.3. The minimum Gasteiger partial charge on any atom is -0.379 e. The molecule has 4 nitrogen and oxygen atoms in total. The highest BCUT2D eigenvalue weighted by Crippen LogP contribution is 2.14. The number of aromatic nitrogens is 1. The fourth-order valence-corrected chi connectivity index (χ4v) is 1.97. The Bertz CT molecular complexity index is 528. The molecule has 2 rings (SSSR count). The van der Waals surface area contributed by atoms with Crippen LogP contribution in [0.1, 0.15) is 5.56 Å². The highest BCUT2D eigenvalue weighted by atomic mass is 16.5. The highest BCUT2D eigenvalue weighted by molar-refractivity contribution is 5.81. The zero-order valence-corrected chi connectivity index (χ0v) is 12.3. The molecule has 20 heavy (non-hydrogen) atoms. The van der Waals surface area contributed by atoms with Crippen molar-refractivity contribution in [3.05, 3.63) is 42.2 Å². The molecule has 0 saturated carbocycles. The molecule has 1 aromatic heterocycles. The van der Waals surface area contributed by atoms with Crippen molar-refractivity contribution in [1.82, 2.24) is 15.2 Å². The van der Waals surface area contributed by atoms with Crippen molar-refractivity contribution in [2.75, 3.05) is 40.4 Å². The maximum absolute atomic E-state index is 5.54. The molecule has 2 aromatic rings. The van der Waals surface area contributed by atoms with E-state index < -0.39 is 0 Å².